The molecule has 1 heterocycles. The van der Waals surface area contributed by atoms with Crippen molar-refractivity contribution in [2.45, 2.75) is 55.8 Å². The first-order chi connectivity index (χ1) is 12.2. The highest BCUT2D eigenvalue weighted by Gasteiger charge is 2.43. The first-order valence-electron chi connectivity index (χ1n) is 8.65. The molecule has 138 valence electrons. The van der Waals surface area contributed by atoms with E-state index in [1.165, 1.54) is 0 Å². The number of aryl methyl sites for hydroxylation is 1. The van der Waals surface area contributed by atoms with Crippen LogP contribution in [0, 0.1) is 6.92 Å². The molecule has 1 aliphatic heterocycles. The highest BCUT2D eigenvalue weighted by atomic mass is 32.2. The molecule has 2 aromatic rings. The van der Waals surface area contributed by atoms with Crippen LogP contribution in [0.4, 0.5) is 0 Å². The third-order valence-corrected chi connectivity index (χ3v) is 5.56. The summed E-state index contributed by atoms with van der Waals surface area (Å²) < 4.78 is 11.9. The first-order valence-corrected chi connectivity index (χ1v) is 9.46. The van der Waals surface area contributed by atoms with E-state index in [4.69, 9.17) is 14.7 Å². The Labute approximate surface area is 159 Å². The molecular weight excluding hydrogens is 346 g/mol. The molecule has 0 bridgehead atoms. The van der Waals surface area contributed by atoms with Gasteiger partial charge in [-0.25, -0.2) is 0 Å². The van der Waals surface area contributed by atoms with E-state index in [0.29, 0.717) is 12.3 Å². The van der Waals surface area contributed by atoms with Crippen molar-refractivity contribution in [3.8, 4) is 0 Å². The molecule has 1 unspecified atom stereocenters. The number of rotatable bonds is 4. The van der Waals surface area contributed by atoms with Gasteiger partial charge in [0.25, 0.3) is 0 Å². The molecule has 3 rings (SSSR count). The zero-order chi connectivity index (χ0) is 18.9. The minimum Gasteiger partial charge on any atom is -0.411 e. The van der Waals surface area contributed by atoms with Gasteiger partial charge in [-0.1, -0.05) is 35.1 Å². The van der Waals surface area contributed by atoms with E-state index in [-0.39, 0.29) is 0 Å². The summed E-state index contributed by atoms with van der Waals surface area (Å²) in [5.74, 6) is -0.559. The maximum Gasteiger partial charge on any atom is 0.164 e. The van der Waals surface area contributed by atoms with E-state index in [1.54, 1.807) is 18.7 Å². The fourth-order valence-electron chi connectivity index (χ4n) is 3.24. The van der Waals surface area contributed by atoms with Crippen molar-refractivity contribution in [3.63, 3.8) is 0 Å². The predicted molar refractivity (Wildman–Crippen MR) is 104 cm³/mol. The molecule has 2 aromatic carbocycles. The molecule has 0 saturated carbocycles. The average molecular weight is 372 g/mol. The second-order valence-corrected chi connectivity index (χ2v) is 8.46. The van der Waals surface area contributed by atoms with Crippen LogP contribution >= 0.6 is 11.8 Å². The Balaban J connectivity index is 1.83. The van der Waals surface area contributed by atoms with Gasteiger partial charge in [0.1, 0.15) is 5.60 Å². The van der Waals surface area contributed by atoms with Crippen LogP contribution in [0.5, 0.6) is 0 Å². The third-order valence-electron chi connectivity index (χ3n) is 4.58. The van der Waals surface area contributed by atoms with Crippen molar-refractivity contribution in [2.24, 2.45) is 5.16 Å². The van der Waals surface area contributed by atoms with Gasteiger partial charge >= 0.3 is 0 Å². The molecule has 0 radical (unpaired) electrons. The second kappa shape index (κ2) is 7.06. The maximum absolute atomic E-state index is 8.97. The Morgan fingerprint density at radius 1 is 1.12 bits per heavy atom. The smallest absolute Gasteiger partial charge is 0.164 e. The van der Waals surface area contributed by atoms with E-state index in [0.717, 1.165) is 26.5 Å². The van der Waals surface area contributed by atoms with Gasteiger partial charge in [0.2, 0.25) is 0 Å². The van der Waals surface area contributed by atoms with Gasteiger partial charge in [-0.2, -0.15) is 0 Å². The number of hydrogen-bond donors (Lipinski definition) is 1. The summed E-state index contributed by atoms with van der Waals surface area (Å²) in [5.41, 5.74) is 3.34. The maximum atomic E-state index is 8.97. The highest BCUT2D eigenvalue weighted by molar-refractivity contribution is 7.99. The van der Waals surface area contributed by atoms with Gasteiger partial charge in [-0.05, 0) is 70.0 Å². The molecule has 1 fully saturated rings. The normalized spacial score (nSPS) is 22.6. The summed E-state index contributed by atoms with van der Waals surface area (Å²) in [6.45, 7) is 10.3. The summed E-state index contributed by atoms with van der Waals surface area (Å²) in [5, 5.41) is 12.3. The van der Waals surface area contributed by atoms with Crippen LogP contribution in [0.15, 0.2) is 57.4 Å². The van der Waals surface area contributed by atoms with E-state index in [1.807, 2.05) is 32.9 Å². The molecule has 0 aromatic heterocycles. The minimum atomic E-state index is -0.559. The number of hydrogen-bond acceptors (Lipinski definition) is 5. The van der Waals surface area contributed by atoms with Crippen LogP contribution in [0.1, 0.15) is 44.4 Å². The zero-order valence-electron chi connectivity index (χ0n) is 15.9. The lowest BCUT2D eigenvalue weighted by molar-refractivity contribution is -0.159. The van der Waals surface area contributed by atoms with E-state index < -0.39 is 11.4 Å². The minimum absolute atomic E-state index is 0.436. The van der Waals surface area contributed by atoms with Crippen LogP contribution < -0.4 is 0 Å². The van der Waals surface area contributed by atoms with E-state index >= 15 is 0 Å². The molecule has 0 aliphatic carbocycles. The molecule has 0 spiro atoms. The lowest BCUT2D eigenvalue weighted by Gasteiger charge is -2.26. The Bertz CT molecular complexity index is 847. The fraction of sp³-hybridized carbons (Fsp3) is 0.381. The number of nitrogens with zero attached hydrogens (tertiary/aromatic N) is 1. The molecule has 26 heavy (non-hydrogen) atoms. The van der Waals surface area contributed by atoms with E-state index in [2.05, 4.69) is 42.4 Å². The standard InChI is InChI=1S/C21H25NO3S/c1-14-11-18(9-10-19(14)15(2)22-23)26-17-8-6-7-16(12-17)21(5)13-24-20(3,4)25-21/h6-12,23H,13H2,1-5H3/b22-15+. The Morgan fingerprint density at radius 2 is 1.85 bits per heavy atom. The molecule has 0 amide bonds. The van der Waals surface area contributed by atoms with Gasteiger partial charge in [0.15, 0.2) is 5.79 Å². The lowest BCUT2D eigenvalue weighted by atomic mass is 9.97. The van der Waals surface area contributed by atoms with Gasteiger partial charge in [-0.15, -0.1) is 0 Å². The van der Waals surface area contributed by atoms with Gasteiger partial charge < -0.3 is 14.7 Å². The molecule has 1 aliphatic rings. The Hall–Kier alpha value is -1.82. The lowest BCUT2D eigenvalue weighted by Crippen LogP contribution is -2.28. The molecular formula is C21H25NO3S. The number of ether oxygens (including phenoxy) is 2. The predicted octanol–water partition coefficient (Wildman–Crippen LogP) is 5.34. The Morgan fingerprint density at radius 3 is 2.46 bits per heavy atom. The van der Waals surface area contributed by atoms with Crippen molar-refractivity contribution in [2.75, 3.05) is 6.61 Å². The second-order valence-electron chi connectivity index (χ2n) is 7.31. The largest absolute Gasteiger partial charge is 0.411 e. The van der Waals surface area contributed by atoms with E-state index in [9.17, 15) is 0 Å². The highest BCUT2D eigenvalue weighted by Crippen LogP contribution is 2.40. The summed E-state index contributed by atoms with van der Waals surface area (Å²) in [6, 6.07) is 14.6. The van der Waals surface area contributed by atoms with Crippen molar-refractivity contribution < 1.29 is 14.7 Å². The van der Waals surface area contributed by atoms with Crippen LogP contribution in [0.3, 0.4) is 0 Å². The van der Waals surface area contributed by atoms with Gasteiger partial charge in [0, 0.05) is 15.4 Å². The van der Waals surface area contributed by atoms with Crippen LogP contribution in [-0.4, -0.2) is 23.3 Å². The van der Waals surface area contributed by atoms with Crippen LogP contribution in [0.2, 0.25) is 0 Å². The van der Waals surface area contributed by atoms with Crippen molar-refractivity contribution in [3.05, 3.63) is 59.2 Å². The molecule has 4 nitrogen and oxygen atoms in total. The monoisotopic (exact) mass is 371 g/mol. The summed E-state index contributed by atoms with van der Waals surface area (Å²) in [4.78, 5) is 2.29. The van der Waals surface area contributed by atoms with Crippen molar-refractivity contribution in [1.29, 1.82) is 0 Å². The van der Waals surface area contributed by atoms with Crippen LogP contribution in [-0.2, 0) is 15.1 Å². The van der Waals surface area contributed by atoms with Gasteiger partial charge in [-0.3, -0.25) is 0 Å². The molecule has 5 heteroatoms. The third kappa shape index (κ3) is 3.95. The Kier molecular flexibility index (Phi) is 5.15. The van der Waals surface area contributed by atoms with Crippen molar-refractivity contribution in [1.82, 2.24) is 0 Å². The summed E-state index contributed by atoms with van der Waals surface area (Å²) in [6.07, 6.45) is 0. The number of benzene rings is 2. The zero-order valence-corrected chi connectivity index (χ0v) is 16.7. The molecule has 1 atom stereocenters. The van der Waals surface area contributed by atoms with Crippen LogP contribution in [0.25, 0.3) is 0 Å². The average Bonchev–Trinajstić information content (AvgIpc) is 2.89. The SMILES string of the molecule is C/C(=N\O)c1ccc(Sc2cccc(C3(C)COC(C)(C)O3)c2)cc1C. The first kappa shape index (κ1) is 19.0. The topological polar surface area (TPSA) is 51.1 Å². The molecule has 1 N–H and O–H groups in total. The summed E-state index contributed by atoms with van der Waals surface area (Å²) >= 11 is 1.70. The quantitative estimate of drug-likeness (QED) is 0.448. The summed E-state index contributed by atoms with van der Waals surface area (Å²) in [7, 11) is 0. The fourth-order valence-corrected chi connectivity index (χ4v) is 4.22. The molecule has 1 saturated heterocycles. The number of oxime groups is 1. The van der Waals surface area contributed by atoms with Gasteiger partial charge in [0.05, 0.1) is 12.3 Å². The van der Waals surface area contributed by atoms with Crippen molar-refractivity contribution >= 4 is 17.5 Å².